The quantitative estimate of drug-likeness (QED) is 0.378. The number of urea groups is 1. The SMILES string of the molecule is COCC[C@@]1(NC(=O)Nc2cc(-c3ccc(C(=O)O)cc3)nn2C)CNC[C@H]1c1ccc(F)c(F)c1. The highest BCUT2D eigenvalue weighted by molar-refractivity contribution is 5.90. The van der Waals surface area contributed by atoms with Crippen molar-refractivity contribution in [2.24, 2.45) is 7.05 Å². The lowest BCUT2D eigenvalue weighted by atomic mass is 9.79. The average Bonchev–Trinajstić information content (AvgIpc) is 3.43. The number of carboxylic acids is 1. The lowest BCUT2D eigenvalue weighted by Gasteiger charge is -2.36. The number of carboxylic acid groups (broad SMARTS) is 1. The van der Waals surface area contributed by atoms with Crippen molar-refractivity contribution in [3.8, 4) is 11.3 Å². The van der Waals surface area contributed by atoms with Gasteiger partial charge in [0.1, 0.15) is 5.82 Å². The summed E-state index contributed by atoms with van der Waals surface area (Å²) in [6.07, 6.45) is 0.445. The number of aromatic nitrogens is 2. The molecule has 190 valence electrons. The number of hydrogen-bond donors (Lipinski definition) is 4. The van der Waals surface area contributed by atoms with Crippen molar-refractivity contribution < 1.29 is 28.2 Å². The van der Waals surface area contributed by atoms with Gasteiger partial charge in [0.05, 0.1) is 16.8 Å². The number of halogens is 2. The highest BCUT2D eigenvalue weighted by atomic mass is 19.2. The van der Waals surface area contributed by atoms with Crippen molar-refractivity contribution in [3.05, 3.63) is 71.3 Å². The van der Waals surface area contributed by atoms with Crippen LogP contribution in [-0.4, -0.2) is 59.2 Å². The van der Waals surface area contributed by atoms with E-state index in [1.807, 2.05) is 0 Å². The summed E-state index contributed by atoms with van der Waals surface area (Å²) in [6, 6.07) is 11.2. The van der Waals surface area contributed by atoms with Crippen LogP contribution in [0.15, 0.2) is 48.5 Å². The van der Waals surface area contributed by atoms with Gasteiger partial charge in [0, 0.05) is 51.4 Å². The molecule has 0 radical (unpaired) electrons. The van der Waals surface area contributed by atoms with Gasteiger partial charge in [-0.2, -0.15) is 5.10 Å². The standard InChI is InChI=1S/C25H27F2N5O4/c1-32-22(12-21(31-32)15-3-5-16(6-4-15)23(33)34)29-24(35)30-25(9-10-36-2)14-28-13-18(25)17-7-8-19(26)20(27)11-17/h3-8,11-12,18,28H,9-10,13-14H2,1-2H3,(H,33,34)(H2,29,30,35)/t18-,25+/m0/s1. The summed E-state index contributed by atoms with van der Waals surface area (Å²) in [7, 11) is 3.23. The number of aryl methyl sites for hydroxylation is 1. The van der Waals surface area contributed by atoms with Gasteiger partial charge in [-0.25, -0.2) is 18.4 Å². The molecule has 36 heavy (non-hydrogen) atoms. The molecule has 2 heterocycles. The Morgan fingerprint density at radius 1 is 1.19 bits per heavy atom. The molecule has 3 aromatic rings. The molecule has 0 aliphatic carbocycles. The maximum atomic E-state index is 14.0. The van der Waals surface area contributed by atoms with Gasteiger partial charge in [0.25, 0.3) is 0 Å². The van der Waals surface area contributed by atoms with E-state index in [1.54, 1.807) is 32.4 Å². The van der Waals surface area contributed by atoms with E-state index in [0.29, 0.717) is 48.8 Å². The molecule has 0 unspecified atom stereocenters. The predicted octanol–water partition coefficient (Wildman–Crippen LogP) is 3.35. The fourth-order valence-corrected chi connectivity index (χ4v) is 4.55. The van der Waals surface area contributed by atoms with Gasteiger partial charge in [-0.1, -0.05) is 18.2 Å². The van der Waals surface area contributed by atoms with E-state index in [2.05, 4.69) is 21.0 Å². The van der Waals surface area contributed by atoms with Crippen LogP contribution in [-0.2, 0) is 11.8 Å². The van der Waals surface area contributed by atoms with Crippen molar-refractivity contribution in [1.29, 1.82) is 0 Å². The molecule has 11 heteroatoms. The first-order valence-electron chi connectivity index (χ1n) is 11.3. The number of rotatable bonds is 8. The van der Waals surface area contributed by atoms with Gasteiger partial charge in [0.15, 0.2) is 11.6 Å². The third-order valence-corrected chi connectivity index (χ3v) is 6.47. The number of hydrogen-bond acceptors (Lipinski definition) is 5. The van der Waals surface area contributed by atoms with Crippen molar-refractivity contribution in [3.63, 3.8) is 0 Å². The van der Waals surface area contributed by atoms with Crippen molar-refractivity contribution >= 4 is 17.8 Å². The predicted molar refractivity (Wildman–Crippen MR) is 129 cm³/mol. The molecular formula is C25H27F2N5O4. The minimum Gasteiger partial charge on any atom is -0.478 e. The lowest BCUT2D eigenvalue weighted by molar-refractivity contribution is 0.0697. The Balaban J connectivity index is 1.54. The topological polar surface area (TPSA) is 118 Å². The molecule has 4 N–H and O–H groups in total. The lowest BCUT2D eigenvalue weighted by Crippen LogP contribution is -2.55. The van der Waals surface area contributed by atoms with E-state index in [9.17, 15) is 18.4 Å². The molecule has 0 saturated carbocycles. The van der Waals surface area contributed by atoms with Crippen molar-refractivity contribution in [2.75, 3.05) is 32.1 Å². The van der Waals surface area contributed by atoms with E-state index in [4.69, 9.17) is 9.84 Å². The molecule has 1 aromatic heterocycles. The number of carbonyl (C=O) groups excluding carboxylic acids is 1. The number of anilines is 1. The van der Waals surface area contributed by atoms with Crippen LogP contribution in [0.2, 0.25) is 0 Å². The van der Waals surface area contributed by atoms with Crippen LogP contribution < -0.4 is 16.0 Å². The first-order valence-corrected chi connectivity index (χ1v) is 11.3. The zero-order valence-corrected chi connectivity index (χ0v) is 19.8. The maximum Gasteiger partial charge on any atom is 0.335 e. The highest BCUT2D eigenvalue weighted by Gasteiger charge is 2.45. The fourth-order valence-electron chi connectivity index (χ4n) is 4.55. The van der Waals surface area contributed by atoms with Gasteiger partial charge in [-0.3, -0.25) is 10.00 Å². The normalized spacial score (nSPS) is 19.3. The smallest absolute Gasteiger partial charge is 0.335 e. The fraction of sp³-hybridized carbons (Fsp3) is 0.320. The Kier molecular flexibility index (Phi) is 7.32. The van der Waals surface area contributed by atoms with E-state index in [0.717, 1.165) is 12.1 Å². The molecule has 9 nitrogen and oxygen atoms in total. The zero-order chi connectivity index (χ0) is 25.9. The second-order valence-electron chi connectivity index (χ2n) is 8.76. The van der Waals surface area contributed by atoms with Gasteiger partial charge in [-0.15, -0.1) is 0 Å². The van der Waals surface area contributed by atoms with Crippen LogP contribution in [0.1, 0.15) is 28.3 Å². The first-order chi connectivity index (χ1) is 17.2. The first kappa shape index (κ1) is 25.3. The van der Waals surface area contributed by atoms with Crippen molar-refractivity contribution in [2.45, 2.75) is 17.9 Å². The van der Waals surface area contributed by atoms with Gasteiger partial charge in [0.2, 0.25) is 0 Å². The maximum absolute atomic E-state index is 14.0. The summed E-state index contributed by atoms with van der Waals surface area (Å²) in [5.74, 6) is -2.79. The molecular weight excluding hydrogens is 472 g/mol. The second-order valence-corrected chi connectivity index (χ2v) is 8.76. The Morgan fingerprint density at radius 3 is 2.61 bits per heavy atom. The Bertz CT molecular complexity index is 1260. The average molecular weight is 500 g/mol. The van der Waals surface area contributed by atoms with E-state index < -0.39 is 29.2 Å². The number of methoxy groups -OCH3 is 1. The van der Waals surface area contributed by atoms with E-state index in [1.165, 1.54) is 22.9 Å². The van der Waals surface area contributed by atoms with E-state index >= 15 is 0 Å². The molecule has 1 aliphatic heterocycles. The Morgan fingerprint density at radius 2 is 1.94 bits per heavy atom. The molecule has 1 aliphatic rings. The molecule has 2 aromatic carbocycles. The molecule has 1 saturated heterocycles. The van der Waals surface area contributed by atoms with Crippen LogP contribution in [0.25, 0.3) is 11.3 Å². The number of ether oxygens (including phenoxy) is 1. The Hall–Kier alpha value is -3.83. The number of nitrogens with one attached hydrogen (secondary N) is 3. The summed E-state index contributed by atoms with van der Waals surface area (Å²) < 4.78 is 34.3. The van der Waals surface area contributed by atoms with Crippen LogP contribution in [0.4, 0.5) is 19.4 Å². The molecule has 1 fully saturated rings. The third-order valence-electron chi connectivity index (χ3n) is 6.47. The summed E-state index contributed by atoms with van der Waals surface area (Å²) in [5.41, 5.74) is 1.18. The highest BCUT2D eigenvalue weighted by Crippen LogP contribution is 2.35. The molecule has 2 amide bonds. The number of benzene rings is 2. The van der Waals surface area contributed by atoms with Crippen LogP contribution >= 0.6 is 0 Å². The number of amides is 2. The van der Waals surface area contributed by atoms with Crippen molar-refractivity contribution in [1.82, 2.24) is 20.4 Å². The summed E-state index contributed by atoms with van der Waals surface area (Å²) in [6.45, 7) is 1.24. The molecule has 2 atom stereocenters. The largest absolute Gasteiger partial charge is 0.478 e. The molecule has 0 spiro atoms. The van der Waals surface area contributed by atoms with E-state index in [-0.39, 0.29) is 11.5 Å². The van der Waals surface area contributed by atoms with Gasteiger partial charge >= 0.3 is 12.0 Å². The van der Waals surface area contributed by atoms with Crippen LogP contribution in [0, 0.1) is 11.6 Å². The van der Waals surface area contributed by atoms with Crippen LogP contribution in [0.5, 0.6) is 0 Å². The van der Waals surface area contributed by atoms with Gasteiger partial charge < -0.3 is 20.5 Å². The number of aromatic carboxylic acids is 1. The van der Waals surface area contributed by atoms with Gasteiger partial charge in [-0.05, 0) is 36.2 Å². The van der Waals surface area contributed by atoms with Crippen LogP contribution in [0.3, 0.4) is 0 Å². The summed E-state index contributed by atoms with van der Waals surface area (Å²) in [5, 5.41) is 22.6. The number of carbonyl (C=O) groups is 2. The molecule has 4 rings (SSSR count). The monoisotopic (exact) mass is 499 g/mol. The summed E-state index contributed by atoms with van der Waals surface area (Å²) >= 11 is 0. The summed E-state index contributed by atoms with van der Waals surface area (Å²) in [4.78, 5) is 24.2. The number of nitrogens with zero attached hydrogens (tertiary/aromatic N) is 2. The third kappa shape index (κ3) is 5.21. The zero-order valence-electron chi connectivity index (χ0n) is 19.8. The minimum atomic E-state index is -1.02. The second kappa shape index (κ2) is 10.4. The minimum absolute atomic E-state index is 0.162. The molecule has 0 bridgehead atoms. The Labute approximate surface area is 206 Å².